The van der Waals surface area contributed by atoms with Gasteiger partial charge in [0.1, 0.15) is 0 Å². The van der Waals surface area contributed by atoms with Gasteiger partial charge in [-0.1, -0.05) is 35.9 Å². The second-order valence-electron chi connectivity index (χ2n) is 4.18. The monoisotopic (exact) mass is 290 g/mol. The Balaban J connectivity index is 2.54. The summed E-state index contributed by atoms with van der Waals surface area (Å²) in [6, 6.07) is 13.5. The van der Waals surface area contributed by atoms with Crippen LogP contribution in [0.25, 0.3) is 0 Å². The van der Waals surface area contributed by atoms with Gasteiger partial charge in [0.25, 0.3) is 10.0 Å². The van der Waals surface area contributed by atoms with E-state index < -0.39 is 16.1 Å². The molecule has 0 aliphatic carbocycles. The quantitative estimate of drug-likeness (QED) is 0.859. The highest BCUT2D eigenvalue weighted by Gasteiger charge is 2.25. The summed E-state index contributed by atoms with van der Waals surface area (Å²) in [6.45, 7) is 1.81. The Bertz CT molecular complexity index is 709. The highest BCUT2D eigenvalue weighted by atomic mass is 32.2. The lowest BCUT2D eigenvalue weighted by molar-refractivity contribution is -0.244. The standard InChI is InChI=1S/C14H13NO4S/c1-11-7-9-13(10-8-11)20(18,19)15(14(16)17)12-5-3-2-4-6-12/h2-10H,1H3,(H,16,17)/p-1. The van der Waals surface area contributed by atoms with Crippen molar-refractivity contribution in [3.63, 3.8) is 0 Å². The van der Waals surface area contributed by atoms with Crippen LogP contribution in [0.5, 0.6) is 0 Å². The number of sulfonamides is 1. The van der Waals surface area contributed by atoms with Crippen molar-refractivity contribution in [3.8, 4) is 0 Å². The summed E-state index contributed by atoms with van der Waals surface area (Å²) in [6.07, 6.45) is -1.79. The number of amides is 1. The van der Waals surface area contributed by atoms with Crippen molar-refractivity contribution in [2.45, 2.75) is 11.8 Å². The Morgan fingerprint density at radius 1 is 1.00 bits per heavy atom. The molecular weight excluding hydrogens is 278 g/mol. The minimum atomic E-state index is -4.20. The third-order valence-electron chi connectivity index (χ3n) is 2.72. The van der Waals surface area contributed by atoms with Crippen LogP contribution in [0.2, 0.25) is 0 Å². The van der Waals surface area contributed by atoms with Crippen LogP contribution in [0.1, 0.15) is 5.56 Å². The Hall–Kier alpha value is -2.34. The average molecular weight is 290 g/mol. The molecule has 2 aromatic rings. The number of carbonyl (C=O) groups is 1. The lowest BCUT2D eigenvalue weighted by Gasteiger charge is -2.24. The van der Waals surface area contributed by atoms with Gasteiger partial charge in [-0.05, 0) is 31.2 Å². The number of aryl methyl sites for hydroxylation is 1. The van der Waals surface area contributed by atoms with Crippen LogP contribution in [-0.2, 0) is 10.0 Å². The van der Waals surface area contributed by atoms with E-state index >= 15 is 0 Å². The van der Waals surface area contributed by atoms with Crippen molar-refractivity contribution in [2.75, 3.05) is 4.31 Å². The number of carbonyl (C=O) groups excluding carboxylic acids is 1. The van der Waals surface area contributed by atoms with Gasteiger partial charge in [0.2, 0.25) is 0 Å². The van der Waals surface area contributed by atoms with E-state index in [-0.39, 0.29) is 14.9 Å². The molecule has 0 aliphatic heterocycles. The largest absolute Gasteiger partial charge is 0.529 e. The van der Waals surface area contributed by atoms with Gasteiger partial charge >= 0.3 is 0 Å². The van der Waals surface area contributed by atoms with E-state index in [0.29, 0.717) is 0 Å². The van der Waals surface area contributed by atoms with E-state index in [4.69, 9.17) is 0 Å². The van der Waals surface area contributed by atoms with E-state index in [1.165, 1.54) is 24.3 Å². The molecular formula is C14H12NO4S-. The molecule has 104 valence electrons. The first-order chi connectivity index (χ1) is 9.43. The van der Waals surface area contributed by atoms with Gasteiger partial charge < -0.3 is 9.90 Å². The number of rotatable bonds is 3. The highest BCUT2D eigenvalue weighted by molar-refractivity contribution is 7.93. The van der Waals surface area contributed by atoms with Crippen LogP contribution in [0.3, 0.4) is 0 Å². The van der Waals surface area contributed by atoms with Gasteiger partial charge in [0.15, 0.2) is 6.09 Å². The van der Waals surface area contributed by atoms with Gasteiger partial charge in [-0.25, -0.2) is 12.7 Å². The van der Waals surface area contributed by atoms with Crippen LogP contribution >= 0.6 is 0 Å². The van der Waals surface area contributed by atoms with Gasteiger partial charge in [0.05, 0.1) is 10.6 Å². The molecule has 0 N–H and O–H groups in total. The lowest BCUT2D eigenvalue weighted by atomic mass is 10.2. The summed E-state index contributed by atoms with van der Waals surface area (Å²) in [5.74, 6) is 0. The molecule has 0 spiro atoms. The number of nitrogens with zero attached hydrogens (tertiary/aromatic N) is 1. The summed E-state index contributed by atoms with van der Waals surface area (Å²) in [7, 11) is -4.20. The Kier molecular flexibility index (Phi) is 3.76. The molecule has 0 aromatic heterocycles. The van der Waals surface area contributed by atoms with Crippen LogP contribution in [0.4, 0.5) is 10.5 Å². The molecule has 0 fully saturated rings. The fourth-order valence-electron chi connectivity index (χ4n) is 1.72. The first-order valence-corrected chi connectivity index (χ1v) is 7.25. The zero-order chi connectivity index (χ0) is 14.8. The SMILES string of the molecule is Cc1ccc(S(=O)(=O)N(C(=O)[O-])c2ccccc2)cc1. The third-order valence-corrected chi connectivity index (χ3v) is 4.42. The predicted octanol–water partition coefficient (Wildman–Crippen LogP) is 1.53. The maximum Gasteiger partial charge on any atom is 0.269 e. The fourth-order valence-corrected chi connectivity index (χ4v) is 3.01. The maximum atomic E-state index is 12.4. The minimum Gasteiger partial charge on any atom is -0.529 e. The van der Waals surface area contributed by atoms with E-state index in [0.717, 1.165) is 5.56 Å². The number of carboxylic acid groups (broad SMARTS) is 1. The average Bonchev–Trinajstić information content (AvgIpc) is 2.39. The highest BCUT2D eigenvalue weighted by Crippen LogP contribution is 2.23. The Labute approximate surface area is 117 Å². The molecule has 0 bridgehead atoms. The van der Waals surface area contributed by atoms with E-state index in [1.54, 1.807) is 30.3 Å². The fraction of sp³-hybridized carbons (Fsp3) is 0.0714. The van der Waals surface area contributed by atoms with Crippen LogP contribution in [0, 0.1) is 6.92 Å². The van der Waals surface area contributed by atoms with E-state index in [1.807, 2.05) is 6.92 Å². The zero-order valence-electron chi connectivity index (χ0n) is 10.7. The minimum absolute atomic E-state index is 0.0214. The number of hydrogen-bond acceptors (Lipinski definition) is 4. The smallest absolute Gasteiger partial charge is 0.269 e. The predicted molar refractivity (Wildman–Crippen MR) is 72.7 cm³/mol. The summed E-state index contributed by atoms with van der Waals surface area (Å²) in [4.78, 5) is 11.1. The van der Waals surface area contributed by atoms with Crippen LogP contribution < -0.4 is 9.41 Å². The van der Waals surface area contributed by atoms with Gasteiger partial charge in [-0.3, -0.25) is 0 Å². The van der Waals surface area contributed by atoms with Crippen molar-refractivity contribution in [1.29, 1.82) is 0 Å². The van der Waals surface area contributed by atoms with Crippen molar-refractivity contribution in [3.05, 3.63) is 60.2 Å². The van der Waals surface area contributed by atoms with Crippen LogP contribution in [-0.4, -0.2) is 14.5 Å². The number of para-hydroxylation sites is 1. The maximum absolute atomic E-state index is 12.4. The second kappa shape index (κ2) is 5.34. The Morgan fingerprint density at radius 3 is 2.05 bits per heavy atom. The number of hydrogen-bond donors (Lipinski definition) is 0. The molecule has 0 heterocycles. The van der Waals surface area contributed by atoms with Crippen molar-refractivity contribution in [2.24, 2.45) is 0 Å². The second-order valence-corrected chi connectivity index (χ2v) is 5.97. The molecule has 1 amide bonds. The molecule has 20 heavy (non-hydrogen) atoms. The van der Waals surface area contributed by atoms with Crippen molar-refractivity contribution >= 4 is 21.8 Å². The molecule has 2 aromatic carbocycles. The molecule has 0 saturated heterocycles. The normalized spacial score (nSPS) is 11.1. The third kappa shape index (κ3) is 2.65. The Morgan fingerprint density at radius 2 is 1.55 bits per heavy atom. The molecule has 5 nitrogen and oxygen atoms in total. The first kappa shape index (κ1) is 14.1. The van der Waals surface area contributed by atoms with Gasteiger partial charge in [-0.15, -0.1) is 0 Å². The summed E-state index contributed by atoms with van der Waals surface area (Å²) in [5.41, 5.74) is 0.900. The van der Waals surface area contributed by atoms with Gasteiger partial charge in [-0.2, -0.15) is 0 Å². The van der Waals surface area contributed by atoms with Crippen molar-refractivity contribution < 1.29 is 18.3 Å². The van der Waals surface area contributed by atoms with E-state index in [9.17, 15) is 18.3 Å². The number of anilines is 1. The number of benzene rings is 2. The zero-order valence-corrected chi connectivity index (χ0v) is 11.5. The summed E-state index contributed by atoms with van der Waals surface area (Å²) in [5, 5.41) is 11.2. The van der Waals surface area contributed by atoms with Gasteiger partial charge in [0, 0.05) is 0 Å². The molecule has 0 saturated carbocycles. The molecule has 0 radical (unpaired) electrons. The van der Waals surface area contributed by atoms with Crippen LogP contribution in [0.15, 0.2) is 59.5 Å². The van der Waals surface area contributed by atoms with Crippen molar-refractivity contribution in [1.82, 2.24) is 0 Å². The molecule has 6 heteroatoms. The summed E-state index contributed by atoms with van der Waals surface area (Å²) < 4.78 is 25.0. The summed E-state index contributed by atoms with van der Waals surface area (Å²) >= 11 is 0. The molecule has 0 unspecified atom stereocenters. The lowest BCUT2D eigenvalue weighted by Crippen LogP contribution is -2.45. The van der Waals surface area contributed by atoms with E-state index in [2.05, 4.69) is 0 Å². The topological polar surface area (TPSA) is 77.5 Å². The molecule has 2 rings (SSSR count). The molecule has 0 aliphatic rings. The first-order valence-electron chi connectivity index (χ1n) is 5.81. The molecule has 0 atom stereocenters.